The molecular formula is C24H31N3O4. The number of nitrogens with one attached hydrogen (secondary N) is 1. The van der Waals surface area contributed by atoms with E-state index >= 15 is 0 Å². The summed E-state index contributed by atoms with van der Waals surface area (Å²) in [4.78, 5) is 30.3. The molecule has 7 nitrogen and oxygen atoms in total. The highest BCUT2D eigenvalue weighted by Gasteiger charge is 2.24. The number of methoxy groups -OCH3 is 1. The van der Waals surface area contributed by atoms with Crippen LogP contribution < -0.4 is 10.1 Å². The van der Waals surface area contributed by atoms with Crippen molar-refractivity contribution in [3.63, 3.8) is 0 Å². The standard InChI is InChI=1S/C24H31N3O4/c1-18(6-11-23(28)30-2)27-15-12-22(13-16-27)31-21-9-7-19(8-10-21)24(29)26-17-20-5-3-4-14-25-20/h3-5,7-10,14,18,22H,6,11-13,15-17H2,1-2H3,(H,26,29)/t18-/m1/s1. The van der Waals surface area contributed by atoms with E-state index in [1.165, 1.54) is 7.11 Å². The Balaban J connectivity index is 1.41. The van der Waals surface area contributed by atoms with Gasteiger partial charge in [-0.1, -0.05) is 6.07 Å². The molecule has 2 aromatic rings. The number of rotatable bonds is 9. The van der Waals surface area contributed by atoms with Crippen LogP contribution >= 0.6 is 0 Å². The van der Waals surface area contributed by atoms with Crippen LogP contribution in [0.1, 0.15) is 48.7 Å². The molecule has 0 saturated carbocycles. The third kappa shape index (κ3) is 7.07. The molecule has 2 heterocycles. The average molecular weight is 426 g/mol. The van der Waals surface area contributed by atoms with Crippen molar-refractivity contribution in [3.8, 4) is 5.75 Å². The maximum atomic E-state index is 12.3. The van der Waals surface area contributed by atoms with Gasteiger partial charge in [0.25, 0.3) is 5.91 Å². The number of carbonyl (C=O) groups excluding carboxylic acids is 2. The normalized spacial score (nSPS) is 15.8. The lowest BCUT2D eigenvalue weighted by atomic mass is 10.0. The summed E-state index contributed by atoms with van der Waals surface area (Å²) < 4.78 is 10.8. The summed E-state index contributed by atoms with van der Waals surface area (Å²) in [5.41, 5.74) is 1.42. The molecule has 0 aliphatic carbocycles. The van der Waals surface area contributed by atoms with Gasteiger partial charge in [-0.2, -0.15) is 0 Å². The topological polar surface area (TPSA) is 80.8 Å². The van der Waals surface area contributed by atoms with E-state index in [-0.39, 0.29) is 18.0 Å². The van der Waals surface area contributed by atoms with E-state index in [0.29, 0.717) is 24.6 Å². The molecule has 1 amide bonds. The van der Waals surface area contributed by atoms with Crippen molar-refractivity contribution in [1.29, 1.82) is 0 Å². The fraction of sp³-hybridized carbons (Fsp3) is 0.458. The van der Waals surface area contributed by atoms with Gasteiger partial charge in [-0.3, -0.25) is 14.6 Å². The van der Waals surface area contributed by atoms with Crippen LogP contribution in [0.4, 0.5) is 0 Å². The molecule has 1 N–H and O–H groups in total. The van der Waals surface area contributed by atoms with Crippen molar-refractivity contribution in [2.75, 3.05) is 20.2 Å². The summed E-state index contributed by atoms with van der Waals surface area (Å²) in [5, 5.41) is 2.88. The van der Waals surface area contributed by atoms with Gasteiger partial charge in [-0.05, 0) is 62.6 Å². The fourth-order valence-corrected chi connectivity index (χ4v) is 3.70. The van der Waals surface area contributed by atoms with Crippen LogP contribution in [0.5, 0.6) is 5.75 Å². The van der Waals surface area contributed by atoms with E-state index in [0.717, 1.165) is 43.8 Å². The second-order valence-corrected chi connectivity index (χ2v) is 7.85. The molecule has 0 bridgehead atoms. The number of ether oxygens (including phenoxy) is 2. The number of carbonyl (C=O) groups is 2. The molecular weight excluding hydrogens is 394 g/mol. The van der Waals surface area contributed by atoms with Gasteiger partial charge in [0.05, 0.1) is 19.3 Å². The Morgan fingerprint density at radius 1 is 1.16 bits per heavy atom. The molecule has 1 aliphatic rings. The van der Waals surface area contributed by atoms with Crippen LogP contribution in [0.15, 0.2) is 48.7 Å². The monoisotopic (exact) mass is 425 g/mol. The quantitative estimate of drug-likeness (QED) is 0.622. The van der Waals surface area contributed by atoms with Crippen molar-refractivity contribution in [3.05, 3.63) is 59.9 Å². The zero-order chi connectivity index (χ0) is 22.1. The van der Waals surface area contributed by atoms with Crippen LogP contribution in [-0.2, 0) is 16.1 Å². The molecule has 1 fully saturated rings. The summed E-state index contributed by atoms with van der Waals surface area (Å²) in [6.45, 7) is 4.44. The number of amides is 1. The first kappa shape index (κ1) is 22.7. The lowest BCUT2D eigenvalue weighted by molar-refractivity contribution is -0.141. The Labute approximate surface area is 183 Å². The minimum Gasteiger partial charge on any atom is -0.490 e. The first-order chi connectivity index (χ1) is 15.0. The van der Waals surface area contributed by atoms with Gasteiger partial charge < -0.3 is 19.7 Å². The lowest BCUT2D eigenvalue weighted by Gasteiger charge is -2.36. The smallest absolute Gasteiger partial charge is 0.305 e. The number of aromatic nitrogens is 1. The predicted molar refractivity (Wildman–Crippen MR) is 118 cm³/mol. The van der Waals surface area contributed by atoms with Crippen molar-refractivity contribution >= 4 is 11.9 Å². The second-order valence-electron chi connectivity index (χ2n) is 7.85. The molecule has 3 rings (SSSR count). The summed E-state index contributed by atoms with van der Waals surface area (Å²) in [5.74, 6) is 0.490. The van der Waals surface area contributed by atoms with E-state index in [1.807, 2.05) is 30.3 Å². The van der Waals surface area contributed by atoms with Crippen molar-refractivity contribution < 1.29 is 19.1 Å². The molecule has 1 aromatic heterocycles. The van der Waals surface area contributed by atoms with Crippen LogP contribution in [0.2, 0.25) is 0 Å². The maximum Gasteiger partial charge on any atom is 0.305 e. The van der Waals surface area contributed by atoms with Gasteiger partial charge in [0.2, 0.25) is 0 Å². The van der Waals surface area contributed by atoms with Crippen LogP contribution in [-0.4, -0.2) is 54.1 Å². The summed E-state index contributed by atoms with van der Waals surface area (Å²) in [7, 11) is 1.43. The number of hydrogen-bond acceptors (Lipinski definition) is 6. The van der Waals surface area contributed by atoms with Gasteiger partial charge in [0.1, 0.15) is 11.9 Å². The first-order valence-electron chi connectivity index (χ1n) is 10.8. The average Bonchev–Trinajstić information content (AvgIpc) is 2.82. The van der Waals surface area contributed by atoms with Gasteiger partial charge in [-0.25, -0.2) is 0 Å². The Morgan fingerprint density at radius 2 is 1.90 bits per heavy atom. The number of esters is 1. The minimum absolute atomic E-state index is 0.133. The van der Waals surface area contributed by atoms with Crippen LogP contribution in [0.25, 0.3) is 0 Å². The van der Waals surface area contributed by atoms with Gasteiger partial charge in [0.15, 0.2) is 0 Å². The molecule has 7 heteroatoms. The lowest BCUT2D eigenvalue weighted by Crippen LogP contribution is -2.43. The predicted octanol–water partition coefficient (Wildman–Crippen LogP) is 3.20. The van der Waals surface area contributed by atoms with E-state index in [1.54, 1.807) is 18.3 Å². The molecule has 0 radical (unpaired) electrons. The van der Waals surface area contributed by atoms with E-state index in [2.05, 4.69) is 22.1 Å². The Hall–Kier alpha value is -2.93. The largest absolute Gasteiger partial charge is 0.490 e. The van der Waals surface area contributed by atoms with Gasteiger partial charge >= 0.3 is 5.97 Å². The highest BCUT2D eigenvalue weighted by atomic mass is 16.5. The van der Waals surface area contributed by atoms with Gasteiger partial charge in [-0.15, -0.1) is 0 Å². The molecule has 0 unspecified atom stereocenters. The van der Waals surface area contributed by atoms with Crippen molar-refractivity contribution in [1.82, 2.24) is 15.2 Å². The SMILES string of the molecule is COC(=O)CC[C@@H](C)N1CCC(Oc2ccc(C(=O)NCc3ccccn3)cc2)CC1. The van der Waals surface area contributed by atoms with Crippen LogP contribution in [0, 0.1) is 0 Å². The zero-order valence-corrected chi connectivity index (χ0v) is 18.3. The Bertz CT molecular complexity index is 834. The Kier molecular flexibility index (Phi) is 8.41. The summed E-state index contributed by atoms with van der Waals surface area (Å²) in [6.07, 6.45) is 5.01. The minimum atomic E-state index is -0.154. The van der Waals surface area contributed by atoms with E-state index in [4.69, 9.17) is 9.47 Å². The molecule has 0 spiro atoms. The number of piperidine rings is 1. The van der Waals surface area contributed by atoms with Crippen LogP contribution in [0.3, 0.4) is 0 Å². The molecule has 1 saturated heterocycles. The third-order valence-corrected chi connectivity index (χ3v) is 5.67. The molecule has 1 aliphatic heterocycles. The molecule has 31 heavy (non-hydrogen) atoms. The third-order valence-electron chi connectivity index (χ3n) is 5.67. The number of hydrogen-bond donors (Lipinski definition) is 1. The number of benzene rings is 1. The number of likely N-dealkylation sites (tertiary alicyclic amines) is 1. The fourth-order valence-electron chi connectivity index (χ4n) is 3.70. The number of nitrogens with zero attached hydrogens (tertiary/aromatic N) is 2. The summed E-state index contributed by atoms with van der Waals surface area (Å²) >= 11 is 0. The molecule has 1 atom stereocenters. The summed E-state index contributed by atoms with van der Waals surface area (Å²) in [6, 6.07) is 13.2. The molecule has 1 aromatic carbocycles. The first-order valence-corrected chi connectivity index (χ1v) is 10.8. The van der Waals surface area contributed by atoms with Crippen molar-refractivity contribution in [2.45, 2.75) is 51.3 Å². The highest BCUT2D eigenvalue weighted by molar-refractivity contribution is 5.94. The highest BCUT2D eigenvalue weighted by Crippen LogP contribution is 2.22. The number of pyridine rings is 1. The van der Waals surface area contributed by atoms with Crippen molar-refractivity contribution in [2.24, 2.45) is 0 Å². The van der Waals surface area contributed by atoms with Gasteiger partial charge in [0, 0.05) is 37.3 Å². The molecule has 166 valence electrons. The maximum absolute atomic E-state index is 12.3. The Morgan fingerprint density at radius 3 is 2.55 bits per heavy atom. The van der Waals surface area contributed by atoms with E-state index < -0.39 is 0 Å². The van der Waals surface area contributed by atoms with E-state index in [9.17, 15) is 9.59 Å². The zero-order valence-electron chi connectivity index (χ0n) is 18.3. The second kappa shape index (κ2) is 11.5.